The number of ether oxygens (including phenoxy) is 2. The number of benzene rings is 2. The summed E-state index contributed by atoms with van der Waals surface area (Å²) in [7, 11) is -1.99. The summed E-state index contributed by atoms with van der Waals surface area (Å²) in [4.78, 5) is 14.8. The van der Waals surface area contributed by atoms with E-state index in [0.29, 0.717) is 30.5 Å². The van der Waals surface area contributed by atoms with E-state index in [-0.39, 0.29) is 29.1 Å². The second kappa shape index (κ2) is 10.3. The van der Waals surface area contributed by atoms with Crippen LogP contribution in [0.15, 0.2) is 53.4 Å². The molecule has 162 valence electrons. The fourth-order valence-corrected chi connectivity index (χ4v) is 4.82. The van der Waals surface area contributed by atoms with Crippen LogP contribution in [-0.4, -0.2) is 51.3 Å². The van der Waals surface area contributed by atoms with Crippen molar-refractivity contribution in [3.05, 3.63) is 59.1 Å². The monoisotopic (exact) mass is 451 g/mol. The van der Waals surface area contributed by atoms with Crippen molar-refractivity contribution in [1.29, 1.82) is 0 Å². The molecule has 1 aliphatic heterocycles. The molecule has 1 heterocycles. The van der Waals surface area contributed by atoms with Gasteiger partial charge in [0.05, 0.1) is 23.9 Å². The van der Waals surface area contributed by atoms with Crippen molar-refractivity contribution in [2.24, 2.45) is 0 Å². The standard InChI is InChI=1S/C22H26ClNO5S/c1-28-21-7-3-2-5-17(21)15-24(16-19-6-4-13-29-19)22(25)12-14-30(26,27)20-10-8-18(23)9-11-20/h2-3,5,7-11,19H,4,6,12-16H2,1H3. The van der Waals surface area contributed by atoms with Gasteiger partial charge in [-0.1, -0.05) is 29.8 Å². The topological polar surface area (TPSA) is 72.9 Å². The molecule has 0 N–H and O–H groups in total. The minimum absolute atomic E-state index is 0.0310. The lowest BCUT2D eigenvalue weighted by molar-refractivity contribution is -0.133. The molecule has 0 aromatic heterocycles. The highest BCUT2D eigenvalue weighted by Gasteiger charge is 2.25. The quantitative estimate of drug-likeness (QED) is 0.581. The number of sulfone groups is 1. The van der Waals surface area contributed by atoms with Crippen molar-refractivity contribution in [3.8, 4) is 5.75 Å². The van der Waals surface area contributed by atoms with Gasteiger partial charge in [-0.3, -0.25) is 4.79 Å². The molecular formula is C22H26ClNO5S. The SMILES string of the molecule is COc1ccccc1CN(CC1CCCO1)C(=O)CCS(=O)(=O)c1ccc(Cl)cc1. The molecule has 1 amide bonds. The van der Waals surface area contributed by atoms with Crippen molar-refractivity contribution in [2.75, 3.05) is 26.0 Å². The summed E-state index contributed by atoms with van der Waals surface area (Å²) < 4.78 is 36.3. The highest BCUT2D eigenvalue weighted by atomic mass is 35.5. The molecule has 30 heavy (non-hydrogen) atoms. The Bertz CT molecular complexity index is 956. The van der Waals surface area contributed by atoms with E-state index in [9.17, 15) is 13.2 Å². The maximum atomic E-state index is 13.0. The first-order valence-corrected chi connectivity index (χ1v) is 11.9. The van der Waals surface area contributed by atoms with Crippen LogP contribution in [0.5, 0.6) is 5.75 Å². The summed E-state index contributed by atoms with van der Waals surface area (Å²) in [5, 5.41) is 0.463. The fraction of sp³-hybridized carbons (Fsp3) is 0.409. The van der Waals surface area contributed by atoms with Gasteiger partial charge < -0.3 is 14.4 Å². The van der Waals surface area contributed by atoms with E-state index in [4.69, 9.17) is 21.1 Å². The number of rotatable bonds is 9. The third-order valence-corrected chi connectivity index (χ3v) is 7.10. The number of methoxy groups -OCH3 is 1. The van der Waals surface area contributed by atoms with Crippen LogP contribution >= 0.6 is 11.6 Å². The first kappa shape index (κ1) is 22.6. The molecule has 0 bridgehead atoms. The Balaban J connectivity index is 1.71. The van der Waals surface area contributed by atoms with Crippen LogP contribution < -0.4 is 4.74 Å². The van der Waals surface area contributed by atoms with E-state index in [1.165, 1.54) is 24.3 Å². The number of nitrogens with zero attached hydrogens (tertiary/aromatic N) is 1. The molecule has 2 aromatic rings. The maximum Gasteiger partial charge on any atom is 0.223 e. The van der Waals surface area contributed by atoms with Gasteiger partial charge in [-0.05, 0) is 43.2 Å². The first-order valence-electron chi connectivity index (χ1n) is 9.88. The van der Waals surface area contributed by atoms with Gasteiger partial charge in [0, 0.05) is 36.7 Å². The van der Waals surface area contributed by atoms with E-state index >= 15 is 0 Å². The molecule has 2 aromatic carbocycles. The van der Waals surface area contributed by atoms with Gasteiger partial charge in [-0.15, -0.1) is 0 Å². The summed E-state index contributed by atoms with van der Waals surface area (Å²) in [5.74, 6) is 0.201. The van der Waals surface area contributed by atoms with Gasteiger partial charge >= 0.3 is 0 Å². The molecule has 1 atom stereocenters. The lowest BCUT2D eigenvalue weighted by atomic mass is 10.1. The minimum atomic E-state index is -3.58. The number of carbonyl (C=O) groups is 1. The molecule has 0 spiro atoms. The van der Waals surface area contributed by atoms with E-state index in [2.05, 4.69) is 0 Å². The average molecular weight is 452 g/mol. The lowest BCUT2D eigenvalue weighted by Crippen LogP contribution is -2.37. The summed E-state index contributed by atoms with van der Waals surface area (Å²) in [5.41, 5.74) is 0.868. The molecule has 1 unspecified atom stereocenters. The van der Waals surface area contributed by atoms with Crippen LogP contribution in [-0.2, 0) is 25.9 Å². The largest absolute Gasteiger partial charge is 0.496 e. The molecule has 0 radical (unpaired) electrons. The van der Waals surface area contributed by atoms with Gasteiger partial charge in [-0.25, -0.2) is 8.42 Å². The highest BCUT2D eigenvalue weighted by Crippen LogP contribution is 2.22. The number of carbonyl (C=O) groups excluding carboxylic acids is 1. The number of hydrogen-bond donors (Lipinski definition) is 0. The Morgan fingerprint density at radius 1 is 1.20 bits per heavy atom. The number of amides is 1. The summed E-state index contributed by atoms with van der Waals surface area (Å²) in [6, 6.07) is 13.5. The molecule has 1 fully saturated rings. The van der Waals surface area contributed by atoms with E-state index < -0.39 is 9.84 Å². The lowest BCUT2D eigenvalue weighted by Gasteiger charge is -2.26. The van der Waals surface area contributed by atoms with Gasteiger partial charge in [0.15, 0.2) is 9.84 Å². The smallest absolute Gasteiger partial charge is 0.223 e. The minimum Gasteiger partial charge on any atom is -0.496 e. The van der Waals surface area contributed by atoms with Crippen molar-refractivity contribution in [2.45, 2.75) is 36.8 Å². The van der Waals surface area contributed by atoms with E-state index in [1.54, 1.807) is 12.0 Å². The Morgan fingerprint density at radius 3 is 2.60 bits per heavy atom. The zero-order chi connectivity index (χ0) is 21.6. The average Bonchev–Trinajstić information content (AvgIpc) is 3.25. The molecule has 0 aliphatic carbocycles. The second-order valence-corrected chi connectivity index (χ2v) is 9.79. The van der Waals surface area contributed by atoms with Crippen molar-refractivity contribution in [1.82, 2.24) is 4.90 Å². The second-order valence-electron chi connectivity index (χ2n) is 7.24. The zero-order valence-corrected chi connectivity index (χ0v) is 18.5. The van der Waals surface area contributed by atoms with Crippen LogP contribution in [0.2, 0.25) is 5.02 Å². The van der Waals surface area contributed by atoms with Crippen LogP contribution in [0.25, 0.3) is 0 Å². The molecule has 0 saturated carbocycles. The summed E-state index contributed by atoms with van der Waals surface area (Å²) in [6.45, 7) is 1.45. The molecule has 1 aliphatic rings. The van der Waals surface area contributed by atoms with Gasteiger partial charge in [0.1, 0.15) is 5.75 Å². The van der Waals surface area contributed by atoms with Crippen molar-refractivity contribution >= 4 is 27.3 Å². The summed E-state index contributed by atoms with van der Waals surface area (Å²) in [6.07, 6.45) is 1.72. The van der Waals surface area contributed by atoms with Gasteiger partial charge in [-0.2, -0.15) is 0 Å². The van der Waals surface area contributed by atoms with Gasteiger partial charge in [0.2, 0.25) is 5.91 Å². The van der Waals surface area contributed by atoms with Crippen LogP contribution in [0.1, 0.15) is 24.8 Å². The first-order chi connectivity index (χ1) is 14.4. The highest BCUT2D eigenvalue weighted by molar-refractivity contribution is 7.91. The van der Waals surface area contributed by atoms with E-state index in [0.717, 1.165) is 18.4 Å². The Labute approximate surface area is 182 Å². The predicted molar refractivity (Wildman–Crippen MR) is 116 cm³/mol. The van der Waals surface area contributed by atoms with E-state index in [1.807, 2.05) is 24.3 Å². The normalized spacial score (nSPS) is 16.4. The van der Waals surface area contributed by atoms with Crippen molar-refractivity contribution in [3.63, 3.8) is 0 Å². The third-order valence-electron chi connectivity index (χ3n) is 5.11. The number of para-hydroxylation sites is 1. The zero-order valence-electron chi connectivity index (χ0n) is 16.9. The molecule has 1 saturated heterocycles. The predicted octanol–water partition coefficient (Wildman–Crippen LogP) is 3.72. The molecule has 3 rings (SSSR count). The number of hydrogen-bond acceptors (Lipinski definition) is 5. The van der Waals surface area contributed by atoms with Crippen molar-refractivity contribution < 1.29 is 22.7 Å². The third kappa shape index (κ3) is 5.97. The molecule has 6 nitrogen and oxygen atoms in total. The molecule has 8 heteroatoms. The Morgan fingerprint density at radius 2 is 1.93 bits per heavy atom. The Hall–Kier alpha value is -2.09. The summed E-state index contributed by atoms with van der Waals surface area (Å²) >= 11 is 5.84. The van der Waals surface area contributed by atoms with Crippen LogP contribution in [0.3, 0.4) is 0 Å². The number of halogens is 1. The maximum absolute atomic E-state index is 13.0. The van der Waals surface area contributed by atoms with Crippen LogP contribution in [0, 0.1) is 0 Å². The van der Waals surface area contributed by atoms with Gasteiger partial charge in [0.25, 0.3) is 0 Å². The Kier molecular flexibility index (Phi) is 7.75. The van der Waals surface area contributed by atoms with Crippen LogP contribution in [0.4, 0.5) is 0 Å². The molecular weight excluding hydrogens is 426 g/mol. The fourth-order valence-electron chi connectivity index (χ4n) is 3.47.